The number of ether oxygens (including phenoxy) is 1. The van der Waals surface area contributed by atoms with E-state index < -0.39 is 0 Å². The minimum atomic E-state index is 0.286. The van der Waals surface area contributed by atoms with Crippen LogP contribution in [0.2, 0.25) is 0 Å². The lowest BCUT2D eigenvalue weighted by Gasteiger charge is -2.19. The monoisotopic (exact) mass is 263 g/mol. The van der Waals surface area contributed by atoms with Gasteiger partial charge in [-0.15, -0.1) is 0 Å². The summed E-state index contributed by atoms with van der Waals surface area (Å²) in [6, 6.07) is 0. The van der Waals surface area contributed by atoms with E-state index in [-0.39, 0.29) is 5.92 Å². The van der Waals surface area contributed by atoms with Crippen LogP contribution in [-0.4, -0.2) is 47.1 Å². The maximum atomic E-state index is 5.12. The van der Waals surface area contributed by atoms with Gasteiger partial charge < -0.3 is 9.64 Å². The Morgan fingerprint density at radius 3 is 2.74 bits per heavy atom. The van der Waals surface area contributed by atoms with Crippen LogP contribution >= 0.6 is 0 Å². The number of methoxy groups -OCH3 is 1. The summed E-state index contributed by atoms with van der Waals surface area (Å²) in [5, 5.41) is 5.25. The molecule has 0 fully saturated rings. The highest BCUT2D eigenvalue weighted by Gasteiger charge is 2.16. The summed E-state index contributed by atoms with van der Waals surface area (Å²) in [6.07, 6.45) is 1.82. The number of hydrogen-bond donors (Lipinski definition) is 0. The van der Waals surface area contributed by atoms with Gasteiger partial charge in [0.05, 0.1) is 18.2 Å². The molecule has 0 aliphatic carbocycles. The number of rotatable bonds is 5. The van der Waals surface area contributed by atoms with Crippen molar-refractivity contribution in [1.82, 2.24) is 19.7 Å². The quantitative estimate of drug-likeness (QED) is 0.819. The molecule has 19 heavy (non-hydrogen) atoms. The smallest absolute Gasteiger partial charge is 0.163 e. The third kappa shape index (κ3) is 2.68. The number of fused-ring (bicyclic) bond motifs is 1. The van der Waals surface area contributed by atoms with Crippen molar-refractivity contribution in [2.24, 2.45) is 7.05 Å². The van der Waals surface area contributed by atoms with E-state index in [1.807, 2.05) is 20.3 Å². The molecule has 104 valence electrons. The summed E-state index contributed by atoms with van der Waals surface area (Å²) in [5.41, 5.74) is 0.873. The van der Waals surface area contributed by atoms with E-state index in [0.717, 1.165) is 29.2 Å². The third-order valence-corrected chi connectivity index (χ3v) is 3.10. The molecule has 2 aromatic heterocycles. The molecule has 0 radical (unpaired) electrons. The average molecular weight is 263 g/mol. The Balaban J connectivity index is 2.50. The molecule has 0 aliphatic heterocycles. The van der Waals surface area contributed by atoms with E-state index in [4.69, 9.17) is 4.74 Å². The van der Waals surface area contributed by atoms with Gasteiger partial charge in [0, 0.05) is 33.7 Å². The third-order valence-electron chi connectivity index (χ3n) is 3.10. The molecule has 0 amide bonds. The summed E-state index contributed by atoms with van der Waals surface area (Å²) in [7, 11) is 5.61. The maximum absolute atomic E-state index is 5.12. The Labute approximate surface area is 113 Å². The molecular weight excluding hydrogens is 242 g/mol. The minimum Gasteiger partial charge on any atom is -0.383 e. The molecule has 6 heteroatoms. The van der Waals surface area contributed by atoms with Crippen LogP contribution in [0.5, 0.6) is 0 Å². The number of anilines is 1. The molecule has 0 spiro atoms. The Bertz CT molecular complexity index is 563. The average Bonchev–Trinajstić information content (AvgIpc) is 2.76. The highest BCUT2D eigenvalue weighted by Crippen LogP contribution is 2.24. The second-order valence-corrected chi connectivity index (χ2v) is 4.98. The molecule has 0 bridgehead atoms. The molecule has 0 saturated carbocycles. The second-order valence-electron chi connectivity index (χ2n) is 4.98. The van der Waals surface area contributed by atoms with Crippen molar-refractivity contribution >= 4 is 16.9 Å². The minimum absolute atomic E-state index is 0.286. The van der Waals surface area contributed by atoms with E-state index >= 15 is 0 Å². The lowest BCUT2D eigenvalue weighted by Crippen LogP contribution is -2.24. The fourth-order valence-corrected chi connectivity index (χ4v) is 1.91. The van der Waals surface area contributed by atoms with E-state index in [0.29, 0.717) is 6.61 Å². The van der Waals surface area contributed by atoms with Gasteiger partial charge in [-0.25, -0.2) is 9.97 Å². The SMILES string of the molecule is COCCN(C)c1nc(C(C)C)nc2c1cnn2C. The van der Waals surface area contributed by atoms with Gasteiger partial charge in [-0.2, -0.15) is 5.10 Å². The molecule has 0 aliphatic rings. The Hall–Kier alpha value is -1.69. The van der Waals surface area contributed by atoms with Gasteiger partial charge >= 0.3 is 0 Å². The molecular formula is C13H21N5O. The Kier molecular flexibility index (Phi) is 3.99. The number of likely N-dealkylation sites (N-methyl/N-ethyl adjacent to an activating group) is 1. The van der Waals surface area contributed by atoms with Gasteiger partial charge in [-0.1, -0.05) is 13.8 Å². The van der Waals surface area contributed by atoms with Crippen LogP contribution in [0, 0.1) is 0 Å². The summed E-state index contributed by atoms with van der Waals surface area (Å²) in [4.78, 5) is 11.3. The Morgan fingerprint density at radius 2 is 2.11 bits per heavy atom. The summed E-state index contributed by atoms with van der Waals surface area (Å²) in [6.45, 7) is 5.64. The summed E-state index contributed by atoms with van der Waals surface area (Å²) < 4.78 is 6.91. The van der Waals surface area contributed by atoms with Gasteiger partial charge in [0.1, 0.15) is 11.6 Å². The predicted molar refractivity (Wildman–Crippen MR) is 75.5 cm³/mol. The number of hydrogen-bond acceptors (Lipinski definition) is 5. The fraction of sp³-hybridized carbons (Fsp3) is 0.615. The van der Waals surface area contributed by atoms with Crippen LogP contribution in [0.15, 0.2) is 6.20 Å². The maximum Gasteiger partial charge on any atom is 0.163 e. The van der Waals surface area contributed by atoms with E-state index in [9.17, 15) is 0 Å². The molecule has 0 unspecified atom stereocenters. The van der Waals surface area contributed by atoms with Crippen molar-refractivity contribution in [1.29, 1.82) is 0 Å². The predicted octanol–water partition coefficient (Wildman–Crippen LogP) is 1.57. The topological polar surface area (TPSA) is 56.1 Å². The first-order chi connectivity index (χ1) is 9.04. The van der Waals surface area contributed by atoms with Gasteiger partial charge in [0.25, 0.3) is 0 Å². The first kappa shape index (κ1) is 13.7. The first-order valence-corrected chi connectivity index (χ1v) is 6.44. The van der Waals surface area contributed by atoms with Crippen molar-refractivity contribution in [3.05, 3.63) is 12.0 Å². The van der Waals surface area contributed by atoms with Crippen molar-refractivity contribution < 1.29 is 4.74 Å². The molecule has 0 saturated heterocycles. The largest absolute Gasteiger partial charge is 0.383 e. The van der Waals surface area contributed by atoms with Crippen LogP contribution in [0.3, 0.4) is 0 Å². The van der Waals surface area contributed by atoms with Crippen LogP contribution in [-0.2, 0) is 11.8 Å². The van der Waals surface area contributed by atoms with Gasteiger partial charge in [0.2, 0.25) is 0 Å². The summed E-state index contributed by atoms with van der Waals surface area (Å²) >= 11 is 0. The number of aromatic nitrogens is 4. The summed E-state index contributed by atoms with van der Waals surface area (Å²) in [5.74, 6) is 2.04. The van der Waals surface area contributed by atoms with Crippen molar-refractivity contribution in [2.45, 2.75) is 19.8 Å². The fourth-order valence-electron chi connectivity index (χ4n) is 1.91. The van der Waals surface area contributed by atoms with Crippen LogP contribution in [0.1, 0.15) is 25.6 Å². The van der Waals surface area contributed by atoms with Gasteiger partial charge in [-0.3, -0.25) is 4.68 Å². The highest BCUT2D eigenvalue weighted by atomic mass is 16.5. The van der Waals surface area contributed by atoms with E-state index in [2.05, 4.69) is 33.8 Å². The Morgan fingerprint density at radius 1 is 1.37 bits per heavy atom. The molecule has 0 N–H and O–H groups in total. The normalized spacial score (nSPS) is 11.5. The number of aryl methyl sites for hydroxylation is 1. The molecule has 0 aromatic carbocycles. The molecule has 0 atom stereocenters. The second kappa shape index (κ2) is 5.52. The highest BCUT2D eigenvalue weighted by molar-refractivity contribution is 5.86. The lowest BCUT2D eigenvalue weighted by atomic mass is 10.2. The van der Waals surface area contributed by atoms with Gasteiger partial charge in [0.15, 0.2) is 5.65 Å². The first-order valence-electron chi connectivity index (χ1n) is 6.44. The zero-order valence-electron chi connectivity index (χ0n) is 12.2. The zero-order chi connectivity index (χ0) is 14.0. The van der Waals surface area contributed by atoms with Crippen LogP contribution in [0.25, 0.3) is 11.0 Å². The molecule has 2 rings (SSSR count). The van der Waals surface area contributed by atoms with E-state index in [1.54, 1.807) is 11.8 Å². The van der Waals surface area contributed by atoms with Crippen molar-refractivity contribution in [3.63, 3.8) is 0 Å². The number of nitrogens with zero attached hydrogens (tertiary/aromatic N) is 5. The standard InChI is InChI=1S/C13H21N5O/c1-9(2)11-15-12(17(3)6-7-19-5)10-8-14-18(4)13(10)16-11/h8-9H,6-7H2,1-5H3. The lowest BCUT2D eigenvalue weighted by molar-refractivity contribution is 0.206. The zero-order valence-corrected chi connectivity index (χ0v) is 12.2. The molecule has 6 nitrogen and oxygen atoms in total. The van der Waals surface area contributed by atoms with Crippen molar-refractivity contribution in [2.75, 3.05) is 32.2 Å². The molecule has 2 heterocycles. The van der Waals surface area contributed by atoms with Crippen LogP contribution < -0.4 is 4.90 Å². The van der Waals surface area contributed by atoms with Gasteiger partial charge in [-0.05, 0) is 0 Å². The van der Waals surface area contributed by atoms with Crippen LogP contribution in [0.4, 0.5) is 5.82 Å². The van der Waals surface area contributed by atoms with Crippen molar-refractivity contribution in [3.8, 4) is 0 Å². The van der Waals surface area contributed by atoms with E-state index in [1.165, 1.54) is 0 Å². The molecule has 2 aromatic rings.